The van der Waals surface area contributed by atoms with E-state index in [9.17, 15) is 0 Å². The molecule has 0 aliphatic heterocycles. The molecule has 0 saturated carbocycles. The molecule has 0 aliphatic rings. The summed E-state index contributed by atoms with van der Waals surface area (Å²) >= 11 is 10.5. The van der Waals surface area contributed by atoms with Gasteiger partial charge in [-0.25, -0.2) is 0 Å². The second-order valence-corrected chi connectivity index (χ2v) is 7.22. The molecule has 2 aromatic rings. The topological polar surface area (TPSA) is 0 Å². The third-order valence-electron chi connectivity index (χ3n) is 4.74. The van der Waals surface area contributed by atoms with Crippen molar-refractivity contribution in [2.75, 3.05) is 0 Å². The summed E-state index contributed by atoms with van der Waals surface area (Å²) in [6.07, 6.45) is 0. The largest absolute Gasteiger partial charge is 0.113 e. The minimum absolute atomic E-state index is 0.128. The first kappa shape index (κ1) is 16.6. The van der Waals surface area contributed by atoms with E-state index in [0.29, 0.717) is 0 Å². The van der Waals surface area contributed by atoms with Crippen LogP contribution in [0.5, 0.6) is 0 Å². The zero-order valence-corrected chi connectivity index (χ0v) is 15.9. The molecule has 0 radical (unpaired) electrons. The van der Waals surface area contributed by atoms with Crippen LogP contribution in [0.2, 0.25) is 0 Å². The van der Waals surface area contributed by atoms with Gasteiger partial charge in [0.2, 0.25) is 0 Å². The molecule has 2 rings (SSSR count). The average Bonchev–Trinajstić information content (AvgIpc) is 2.45. The summed E-state index contributed by atoms with van der Waals surface area (Å²) in [6.45, 7) is 13.0. The Morgan fingerprint density at radius 1 is 0.810 bits per heavy atom. The van der Waals surface area contributed by atoms with Crippen LogP contribution in [0.4, 0.5) is 0 Å². The summed E-state index contributed by atoms with van der Waals surface area (Å²) in [5.41, 5.74) is 10.3. The van der Waals surface area contributed by atoms with Gasteiger partial charge in [0.05, 0.1) is 5.38 Å². The smallest absolute Gasteiger partial charge is 0.0851 e. The van der Waals surface area contributed by atoms with Gasteiger partial charge < -0.3 is 0 Å². The van der Waals surface area contributed by atoms with E-state index in [0.717, 1.165) is 10.0 Å². The van der Waals surface area contributed by atoms with E-state index in [1.165, 1.54) is 38.9 Å². The zero-order chi connectivity index (χ0) is 15.9. The van der Waals surface area contributed by atoms with Crippen molar-refractivity contribution in [2.45, 2.75) is 46.9 Å². The fourth-order valence-corrected chi connectivity index (χ4v) is 4.04. The first-order chi connectivity index (χ1) is 9.75. The van der Waals surface area contributed by atoms with E-state index in [2.05, 4.69) is 75.7 Å². The molecular weight excluding hydrogens is 344 g/mol. The molecule has 112 valence electrons. The molecule has 2 aromatic carbocycles. The van der Waals surface area contributed by atoms with E-state index in [1.807, 2.05) is 0 Å². The third-order valence-corrected chi connectivity index (χ3v) is 5.91. The van der Waals surface area contributed by atoms with Gasteiger partial charge in [0.1, 0.15) is 0 Å². The highest BCUT2D eigenvalue weighted by molar-refractivity contribution is 9.10. The van der Waals surface area contributed by atoms with Crippen LogP contribution in [0.15, 0.2) is 22.7 Å². The molecule has 0 heterocycles. The summed E-state index contributed by atoms with van der Waals surface area (Å²) in [4.78, 5) is 0. The first-order valence-electron chi connectivity index (χ1n) is 7.22. The molecule has 0 spiro atoms. The monoisotopic (exact) mass is 364 g/mol. The Labute approximate surface area is 141 Å². The fraction of sp³-hybridized carbons (Fsp3) is 0.368. The summed E-state index contributed by atoms with van der Waals surface area (Å²) in [6, 6.07) is 6.35. The normalized spacial score (nSPS) is 12.6. The van der Waals surface area contributed by atoms with Gasteiger partial charge in [-0.05, 0) is 86.6 Å². The fourth-order valence-electron chi connectivity index (χ4n) is 2.92. The summed E-state index contributed by atoms with van der Waals surface area (Å²) in [5, 5.41) is -0.128. The number of hydrogen-bond acceptors (Lipinski definition) is 0. The van der Waals surface area contributed by atoms with Gasteiger partial charge in [0, 0.05) is 4.47 Å². The first-order valence-corrected chi connectivity index (χ1v) is 8.45. The van der Waals surface area contributed by atoms with Gasteiger partial charge in [0.15, 0.2) is 0 Å². The third kappa shape index (κ3) is 2.91. The molecule has 0 aromatic heterocycles. The number of halogens is 2. The van der Waals surface area contributed by atoms with Gasteiger partial charge in [-0.3, -0.25) is 0 Å². The molecule has 21 heavy (non-hydrogen) atoms. The van der Waals surface area contributed by atoms with Crippen molar-refractivity contribution < 1.29 is 0 Å². The standard InChI is InChI=1S/C19H22BrCl/c1-10-7-8-17(20)16(9-10)19(21)18-14(5)12(3)11(2)13(4)15(18)6/h7-9,19H,1-6H3. The molecule has 2 heteroatoms. The Balaban J connectivity index is 2.69. The van der Waals surface area contributed by atoms with Crippen LogP contribution >= 0.6 is 27.5 Å². The van der Waals surface area contributed by atoms with Crippen molar-refractivity contribution in [1.29, 1.82) is 0 Å². The Bertz CT molecular complexity index is 672. The lowest BCUT2D eigenvalue weighted by Crippen LogP contribution is -2.06. The summed E-state index contributed by atoms with van der Waals surface area (Å²) in [7, 11) is 0. The number of alkyl halides is 1. The maximum absolute atomic E-state index is 6.89. The van der Waals surface area contributed by atoms with Crippen LogP contribution < -0.4 is 0 Å². The number of aryl methyl sites for hydroxylation is 1. The highest BCUT2D eigenvalue weighted by atomic mass is 79.9. The van der Waals surface area contributed by atoms with Crippen LogP contribution in [0.1, 0.15) is 49.9 Å². The molecule has 0 aliphatic carbocycles. The van der Waals surface area contributed by atoms with Gasteiger partial charge in [-0.15, -0.1) is 11.6 Å². The molecule has 0 saturated heterocycles. The van der Waals surface area contributed by atoms with E-state index in [4.69, 9.17) is 11.6 Å². The van der Waals surface area contributed by atoms with Crippen LogP contribution in [0, 0.1) is 41.5 Å². The predicted molar refractivity (Wildman–Crippen MR) is 96.7 cm³/mol. The Kier molecular flexibility index (Phi) is 4.85. The SMILES string of the molecule is Cc1ccc(Br)c(C(Cl)c2c(C)c(C)c(C)c(C)c2C)c1. The highest BCUT2D eigenvalue weighted by Crippen LogP contribution is 2.40. The molecule has 1 atom stereocenters. The van der Waals surface area contributed by atoms with Gasteiger partial charge in [-0.1, -0.05) is 33.6 Å². The van der Waals surface area contributed by atoms with Crippen molar-refractivity contribution in [3.63, 3.8) is 0 Å². The van der Waals surface area contributed by atoms with Crippen molar-refractivity contribution in [3.8, 4) is 0 Å². The molecule has 0 bridgehead atoms. The average molecular weight is 366 g/mol. The Morgan fingerprint density at radius 3 is 1.81 bits per heavy atom. The second-order valence-electron chi connectivity index (χ2n) is 5.93. The molecule has 0 fully saturated rings. The lowest BCUT2D eigenvalue weighted by atomic mass is 9.86. The maximum Gasteiger partial charge on any atom is 0.0851 e. The van der Waals surface area contributed by atoms with Crippen LogP contribution in [0.3, 0.4) is 0 Å². The van der Waals surface area contributed by atoms with E-state index >= 15 is 0 Å². The van der Waals surface area contributed by atoms with Crippen LogP contribution in [-0.4, -0.2) is 0 Å². The number of benzene rings is 2. The van der Waals surface area contributed by atoms with E-state index < -0.39 is 0 Å². The van der Waals surface area contributed by atoms with Crippen molar-refractivity contribution >= 4 is 27.5 Å². The lowest BCUT2D eigenvalue weighted by Gasteiger charge is -2.23. The Hall–Kier alpha value is -0.790. The van der Waals surface area contributed by atoms with Gasteiger partial charge in [0.25, 0.3) is 0 Å². The van der Waals surface area contributed by atoms with Crippen molar-refractivity contribution in [1.82, 2.24) is 0 Å². The molecule has 0 nitrogen and oxygen atoms in total. The van der Waals surface area contributed by atoms with Gasteiger partial charge in [-0.2, -0.15) is 0 Å². The Morgan fingerprint density at radius 2 is 1.29 bits per heavy atom. The van der Waals surface area contributed by atoms with E-state index in [-0.39, 0.29) is 5.38 Å². The zero-order valence-electron chi connectivity index (χ0n) is 13.6. The number of rotatable bonds is 2. The quantitative estimate of drug-likeness (QED) is 0.524. The van der Waals surface area contributed by atoms with Crippen molar-refractivity contribution in [2.24, 2.45) is 0 Å². The molecule has 0 N–H and O–H groups in total. The molecular formula is C19H22BrCl. The predicted octanol–water partition coefficient (Wildman–Crippen LogP) is 6.63. The van der Waals surface area contributed by atoms with E-state index in [1.54, 1.807) is 0 Å². The minimum atomic E-state index is -0.128. The summed E-state index contributed by atoms with van der Waals surface area (Å²) < 4.78 is 1.07. The summed E-state index contributed by atoms with van der Waals surface area (Å²) in [5.74, 6) is 0. The molecule has 0 amide bonds. The van der Waals surface area contributed by atoms with Crippen molar-refractivity contribution in [3.05, 3.63) is 67.2 Å². The lowest BCUT2D eigenvalue weighted by molar-refractivity contribution is 1.03. The van der Waals surface area contributed by atoms with Gasteiger partial charge >= 0.3 is 0 Å². The minimum Gasteiger partial charge on any atom is -0.113 e. The van der Waals surface area contributed by atoms with Crippen LogP contribution in [-0.2, 0) is 0 Å². The maximum atomic E-state index is 6.89. The number of hydrogen-bond donors (Lipinski definition) is 0. The highest BCUT2D eigenvalue weighted by Gasteiger charge is 2.21. The van der Waals surface area contributed by atoms with Crippen LogP contribution in [0.25, 0.3) is 0 Å². The molecule has 1 unspecified atom stereocenters. The second kappa shape index (κ2) is 6.14.